The Hall–Kier alpha value is -2.11. The second kappa shape index (κ2) is 7.20. The number of sulfonamides is 1. The number of para-hydroxylation sites is 1. The molecule has 130 valence electrons. The van der Waals surface area contributed by atoms with Crippen molar-refractivity contribution in [2.75, 3.05) is 5.75 Å². The van der Waals surface area contributed by atoms with E-state index >= 15 is 0 Å². The van der Waals surface area contributed by atoms with Gasteiger partial charge in [0.05, 0.1) is 17.3 Å². The summed E-state index contributed by atoms with van der Waals surface area (Å²) in [7, 11) is -5.03. The number of fused-ring (bicyclic) bond motifs is 1. The molecule has 24 heavy (non-hydrogen) atoms. The van der Waals surface area contributed by atoms with E-state index in [1.54, 1.807) is 12.1 Å². The van der Waals surface area contributed by atoms with Gasteiger partial charge in [-0.15, -0.1) is 0 Å². The quantitative estimate of drug-likeness (QED) is 0.471. The Morgan fingerprint density at radius 1 is 1.42 bits per heavy atom. The number of aromatic carboxylic acids is 1. The first-order valence-corrected chi connectivity index (χ1v) is 8.88. The molecule has 1 aromatic carbocycles. The summed E-state index contributed by atoms with van der Waals surface area (Å²) < 4.78 is 26.9. The molecule has 1 aliphatic rings. The maximum absolute atomic E-state index is 11.8. The fraction of sp³-hybridized carbons (Fsp3) is 0.385. The molecule has 0 aromatic heterocycles. The fourth-order valence-electron chi connectivity index (χ4n) is 2.43. The molecule has 2 rings (SSSR count). The largest absolute Gasteiger partial charge is 0.547 e. The van der Waals surface area contributed by atoms with Crippen molar-refractivity contribution in [3.8, 4) is 5.75 Å². The van der Waals surface area contributed by atoms with Crippen molar-refractivity contribution in [2.45, 2.75) is 25.2 Å². The van der Waals surface area contributed by atoms with Gasteiger partial charge in [-0.3, -0.25) is 4.79 Å². The standard InChI is InChI=1S/C13H17BN2O7S/c15-24(21,22)6-2-5-11(17)16-10-7-8-3-1-4-9(13(18)19)12(8)23-14(10)20/h1,3-4,10,20H,2,5-7H2,(H,16,17)(H,18,19)(H2,15,21,22)/t10-/m0/s1. The van der Waals surface area contributed by atoms with Crippen LogP contribution >= 0.6 is 0 Å². The van der Waals surface area contributed by atoms with Crippen LogP contribution in [0.15, 0.2) is 18.2 Å². The molecule has 9 nitrogen and oxygen atoms in total. The molecule has 0 unspecified atom stereocenters. The monoisotopic (exact) mass is 356 g/mol. The zero-order valence-electron chi connectivity index (χ0n) is 12.6. The maximum Gasteiger partial charge on any atom is 0.547 e. The number of rotatable bonds is 6. The van der Waals surface area contributed by atoms with Crippen LogP contribution in [0.5, 0.6) is 5.75 Å². The Morgan fingerprint density at radius 3 is 2.75 bits per heavy atom. The Labute approximate surface area is 139 Å². The van der Waals surface area contributed by atoms with Gasteiger partial charge < -0.3 is 20.1 Å². The minimum atomic E-state index is -3.63. The van der Waals surface area contributed by atoms with E-state index in [0.29, 0.717) is 5.56 Å². The summed E-state index contributed by atoms with van der Waals surface area (Å²) in [6.45, 7) is 0. The van der Waals surface area contributed by atoms with Gasteiger partial charge >= 0.3 is 13.1 Å². The number of primary sulfonamides is 1. The van der Waals surface area contributed by atoms with Crippen molar-refractivity contribution >= 4 is 29.0 Å². The number of carboxylic acids is 1. The molecule has 5 N–H and O–H groups in total. The van der Waals surface area contributed by atoms with Gasteiger partial charge in [-0.05, 0) is 24.5 Å². The number of hydrogen-bond donors (Lipinski definition) is 4. The average Bonchev–Trinajstić information content (AvgIpc) is 2.46. The first-order valence-electron chi connectivity index (χ1n) is 7.17. The van der Waals surface area contributed by atoms with E-state index in [4.69, 9.17) is 14.9 Å². The van der Waals surface area contributed by atoms with Gasteiger partial charge in [-0.25, -0.2) is 18.4 Å². The molecule has 0 saturated carbocycles. The molecule has 1 heterocycles. The van der Waals surface area contributed by atoms with Crippen LogP contribution in [-0.2, 0) is 21.2 Å². The van der Waals surface area contributed by atoms with Gasteiger partial charge in [0.2, 0.25) is 15.9 Å². The second-order valence-corrected chi connectivity index (χ2v) is 7.19. The number of carboxylic acid groups (broad SMARTS) is 1. The summed E-state index contributed by atoms with van der Waals surface area (Å²) in [5.74, 6) is -2.62. The third kappa shape index (κ3) is 4.70. The molecule has 0 radical (unpaired) electrons. The minimum absolute atomic E-state index is 0.0636. The van der Waals surface area contributed by atoms with Crippen LogP contribution in [0.4, 0.5) is 0 Å². The molecule has 1 atom stereocenters. The number of nitrogens with one attached hydrogen (secondary N) is 1. The van der Waals surface area contributed by atoms with Crippen molar-refractivity contribution in [3.05, 3.63) is 29.3 Å². The van der Waals surface area contributed by atoms with Crippen LogP contribution in [0.3, 0.4) is 0 Å². The van der Waals surface area contributed by atoms with Gasteiger partial charge in [0, 0.05) is 6.42 Å². The Balaban J connectivity index is 2.00. The molecule has 0 bridgehead atoms. The highest BCUT2D eigenvalue weighted by atomic mass is 32.2. The Bertz CT molecular complexity index is 753. The number of carbonyl (C=O) groups excluding carboxylic acids is 1. The number of carbonyl (C=O) groups is 2. The number of nitrogens with two attached hydrogens (primary N) is 1. The van der Waals surface area contributed by atoms with E-state index in [0.717, 1.165) is 0 Å². The van der Waals surface area contributed by atoms with Gasteiger partial charge in [-0.1, -0.05) is 12.1 Å². The first-order chi connectivity index (χ1) is 11.2. The van der Waals surface area contributed by atoms with E-state index < -0.39 is 35.0 Å². The summed E-state index contributed by atoms with van der Waals surface area (Å²) in [6, 6.07) is 4.56. The number of amides is 1. The lowest BCUT2D eigenvalue weighted by Crippen LogP contribution is -2.53. The molecule has 0 saturated heterocycles. The lowest BCUT2D eigenvalue weighted by atomic mass is 9.72. The van der Waals surface area contributed by atoms with Gasteiger partial charge in [0.25, 0.3) is 0 Å². The summed E-state index contributed by atoms with van der Waals surface area (Å²) in [6.07, 6.45) is 0.189. The van der Waals surface area contributed by atoms with Crippen LogP contribution in [-0.4, -0.2) is 49.2 Å². The van der Waals surface area contributed by atoms with E-state index in [1.807, 2.05) is 0 Å². The Kier molecular flexibility index (Phi) is 5.47. The van der Waals surface area contributed by atoms with Crippen molar-refractivity contribution in [1.29, 1.82) is 0 Å². The lowest BCUT2D eigenvalue weighted by Gasteiger charge is -2.28. The van der Waals surface area contributed by atoms with Crippen LogP contribution in [0.1, 0.15) is 28.8 Å². The summed E-state index contributed by atoms with van der Waals surface area (Å²) in [5.41, 5.74) is 0.486. The van der Waals surface area contributed by atoms with E-state index in [1.165, 1.54) is 6.07 Å². The maximum atomic E-state index is 11.8. The van der Waals surface area contributed by atoms with E-state index in [9.17, 15) is 23.0 Å². The lowest BCUT2D eigenvalue weighted by molar-refractivity contribution is -0.121. The fourth-order valence-corrected chi connectivity index (χ4v) is 2.98. The van der Waals surface area contributed by atoms with E-state index in [-0.39, 0.29) is 36.3 Å². The summed E-state index contributed by atoms with van der Waals surface area (Å²) in [4.78, 5) is 23.0. The van der Waals surface area contributed by atoms with Crippen molar-refractivity contribution in [1.82, 2.24) is 5.32 Å². The molecule has 0 spiro atoms. The molecular weight excluding hydrogens is 339 g/mol. The predicted octanol–water partition coefficient (Wildman–Crippen LogP) is -1.11. The third-order valence-corrected chi connectivity index (χ3v) is 4.39. The van der Waals surface area contributed by atoms with Crippen LogP contribution in [0.25, 0.3) is 0 Å². The molecular formula is C13H17BN2O7S. The zero-order chi connectivity index (χ0) is 17.9. The van der Waals surface area contributed by atoms with Crippen molar-refractivity contribution < 1.29 is 32.8 Å². The molecule has 1 aromatic rings. The number of benzene rings is 1. The summed E-state index contributed by atoms with van der Waals surface area (Å²) >= 11 is 0. The SMILES string of the molecule is NS(=O)(=O)CCCC(=O)N[C@H]1Cc2cccc(C(=O)O)c2OB1O. The molecule has 11 heteroatoms. The summed E-state index contributed by atoms with van der Waals surface area (Å²) in [5, 5.41) is 26.5. The third-order valence-electron chi connectivity index (χ3n) is 3.53. The Morgan fingerprint density at radius 2 is 2.12 bits per heavy atom. The van der Waals surface area contributed by atoms with Crippen molar-refractivity contribution in [3.63, 3.8) is 0 Å². The van der Waals surface area contributed by atoms with Crippen LogP contribution < -0.4 is 15.1 Å². The van der Waals surface area contributed by atoms with Crippen molar-refractivity contribution in [2.24, 2.45) is 5.14 Å². The normalized spacial score (nSPS) is 16.9. The highest BCUT2D eigenvalue weighted by molar-refractivity contribution is 7.89. The van der Waals surface area contributed by atoms with Gasteiger partial charge in [0.15, 0.2) is 0 Å². The highest BCUT2D eigenvalue weighted by Crippen LogP contribution is 2.30. The molecule has 1 amide bonds. The highest BCUT2D eigenvalue weighted by Gasteiger charge is 2.37. The van der Waals surface area contributed by atoms with E-state index in [2.05, 4.69) is 5.32 Å². The van der Waals surface area contributed by atoms with Crippen LogP contribution in [0.2, 0.25) is 0 Å². The zero-order valence-corrected chi connectivity index (χ0v) is 13.5. The number of hydrogen-bond acceptors (Lipinski definition) is 6. The van der Waals surface area contributed by atoms with Gasteiger partial charge in [-0.2, -0.15) is 0 Å². The second-order valence-electron chi connectivity index (χ2n) is 5.46. The minimum Gasteiger partial charge on any atom is -0.534 e. The van der Waals surface area contributed by atoms with Crippen LogP contribution in [0, 0.1) is 0 Å². The molecule has 0 fully saturated rings. The first kappa shape index (κ1) is 18.2. The molecule has 1 aliphatic heterocycles. The smallest absolute Gasteiger partial charge is 0.534 e. The predicted molar refractivity (Wildman–Crippen MR) is 84.8 cm³/mol. The average molecular weight is 356 g/mol. The topological polar surface area (TPSA) is 156 Å². The molecule has 0 aliphatic carbocycles. The van der Waals surface area contributed by atoms with Gasteiger partial charge in [0.1, 0.15) is 5.75 Å².